The van der Waals surface area contributed by atoms with Crippen molar-refractivity contribution in [3.63, 3.8) is 0 Å². The lowest BCUT2D eigenvalue weighted by molar-refractivity contribution is -0.114. The van der Waals surface area contributed by atoms with Gasteiger partial charge in [-0.05, 0) is 42.7 Å². The van der Waals surface area contributed by atoms with Crippen LogP contribution in [0.5, 0.6) is 0 Å². The second kappa shape index (κ2) is 5.11. The molecule has 0 saturated carbocycles. The molecule has 3 nitrogen and oxygen atoms in total. The molecule has 1 atom stereocenters. The number of aliphatic hydroxyl groups is 1. The maximum Gasteiger partial charge on any atom is 0.257 e. The van der Waals surface area contributed by atoms with Gasteiger partial charge in [-0.25, -0.2) is 0 Å². The Bertz CT molecular complexity index is 731. The molecule has 2 aromatic rings. The summed E-state index contributed by atoms with van der Waals surface area (Å²) in [6.07, 6.45) is 0. The predicted molar refractivity (Wildman–Crippen MR) is 87.7 cm³/mol. The zero-order valence-electron chi connectivity index (χ0n) is 12.8. The van der Waals surface area contributed by atoms with Crippen molar-refractivity contribution in [2.75, 3.05) is 11.4 Å². The number of nitrogens with zero attached hydrogens (tertiary/aromatic N) is 1. The van der Waals surface area contributed by atoms with Gasteiger partial charge in [0.05, 0.1) is 6.54 Å². The molecule has 0 spiro atoms. The van der Waals surface area contributed by atoms with E-state index < -0.39 is 5.60 Å². The fourth-order valence-electron chi connectivity index (χ4n) is 3.03. The molecule has 3 rings (SSSR count). The van der Waals surface area contributed by atoms with Crippen molar-refractivity contribution in [2.24, 2.45) is 0 Å². The normalized spacial score (nSPS) is 21.5. The molecule has 3 heteroatoms. The molecule has 2 aromatic carbocycles. The van der Waals surface area contributed by atoms with Gasteiger partial charge < -0.3 is 10.0 Å². The van der Waals surface area contributed by atoms with E-state index in [1.807, 2.05) is 56.3 Å². The van der Waals surface area contributed by atoms with E-state index in [-0.39, 0.29) is 18.0 Å². The SMILES string of the molecule is C=C1C(=O)N(c2cc(C)cc(C)c2)CC1(O)c1ccccc1. The molecule has 1 heterocycles. The largest absolute Gasteiger partial charge is 0.378 e. The van der Waals surface area contributed by atoms with Crippen LogP contribution in [-0.2, 0) is 10.4 Å². The zero-order chi connectivity index (χ0) is 15.9. The highest BCUT2D eigenvalue weighted by atomic mass is 16.3. The molecular weight excluding hydrogens is 274 g/mol. The lowest BCUT2D eigenvalue weighted by atomic mass is 9.89. The third kappa shape index (κ3) is 2.24. The van der Waals surface area contributed by atoms with Crippen LogP contribution in [-0.4, -0.2) is 17.6 Å². The average molecular weight is 293 g/mol. The molecule has 0 aromatic heterocycles. The maximum absolute atomic E-state index is 12.6. The van der Waals surface area contributed by atoms with Gasteiger partial charge in [0.15, 0.2) is 0 Å². The van der Waals surface area contributed by atoms with Crippen LogP contribution in [0.2, 0.25) is 0 Å². The zero-order valence-corrected chi connectivity index (χ0v) is 12.8. The lowest BCUT2D eigenvalue weighted by Crippen LogP contribution is -2.31. The lowest BCUT2D eigenvalue weighted by Gasteiger charge is -2.24. The first-order valence-electron chi connectivity index (χ1n) is 7.29. The third-order valence-corrected chi connectivity index (χ3v) is 4.16. The molecule has 0 bridgehead atoms. The van der Waals surface area contributed by atoms with Crippen LogP contribution in [0.25, 0.3) is 0 Å². The number of β-amino-alcohol motifs (C(OH)–C–C–N with tert-alkyl or cyclic N) is 1. The van der Waals surface area contributed by atoms with Gasteiger partial charge in [0.25, 0.3) is 5.91 Å². The molecule has 22 heavy (non-hydrogen) atoms. The van der Waals surface area contributed by atoms with Gasteiger partial charge in [-0.15, -0.1) is 0 Å². The number of carbonyl (C=O) groups is 1. The van der Waals surface area contributed by atoms with E-state index in [0.29, 0.717) is 5.56 Å². The van der Waals surface area contributed by atoms with E-state index in [1.165, 1.54) is 0 Å². The quantitative estimate of drug-likeness (QED) is 0.864. The van der Waals surface area contributed by atoms with E-state index >= 15 is 0 Å². The van der Waals surface area contributed by atoms with Gasteiger partial charge in [0, 0.05) is 11.3 Å². The number of carbonyl (C=O) groups excluding carboxylic acids is 1. The summed E-state index contributed by atoms with van der Waals surface area (Å²) in [4.78, 5) is 14.2. The van der Waals surface area contributed by atoms with Crippen LogP contribution in [0.4, 0.5) is 5.69 Å². The first kappa shape index (κ1) is 14.5. The van der Waals surface area contributed by atoms with Crippen LogP contribution < -0.4 is 4.90 Å². The molecule has 112 valence electrons. The van der Waals surface area contributed by atoms with Crippen molar-refractivity contribution < 1.29 is 9.90 Å². The number of amides is 1. The smallest absolute Gasteiger partial charge is 0.257 e. The number of rotatable bonds is 2. The Kier molecular flexibility index (Phi) is 3.38. The average Bonchev–Trinajstić information content (AvgIpc) is 2.73. The number of hydrogen-bond donors (Lipinski definition) is 1. The minimum Gasteiger partial charge on any atom is -0.378 e. The summed E-state index contributed by atoms with van der Waals surface area (Å²) in [5.41, 5.74) is 2.55. The van der Waals surface area contributed by atoms with Crippen molar-refractivity contribution in [2.45, 2.75) is 19.4 Å². The van der Waals surface area contributed by atoms with Crippen molar-refractivity contribution in [1.29, 1.82) is 0 Å². The molecule has 1 saturated heterocycles. The Morgan fingerprint density at radius 2 is 1.68 bits per heavy atom. The maximum atomic E-state index is 12.6. The molecule has 1 amide bonds. The van der Waals surface area contributed by atoms with E-state index in [4.69, 9.17) is 0 Å². The Labute approximate surface area is 130 Å². The highest BCUT2D eigenvalue weighted by Gasteiger charge is 2.47. The number of aryl methyl sites for hydroxylation is 2. The summed E-state index contributed by atoms with van der Waals surface area (Å²) in [7, 11) is 0. The Morgan fingerprint density at radius 1 is 1.09 bits per heavy atom. The van der Waals surface area contributed by atoms with Crippen LogP contribution in [0.1, 0.15) is 16.7 Å². The predicted octanol–water partition coefficient (Wildman–Crippen LogP) is 3.09. The molecule has 1 N–H and O–H groups in total. The van der Waals surface area contributed by atoms with Crippen molar-refractivity contribution in [1.82, 2.24) is 0 Å². The summed E-state index contributed by atoms with van der Waals surface area (Å²) < 4.78 is 0. The number of benzene rings is 2. The standard InChI is InChI=1S/C19H19NO2/c1-13-9-14(2)11-17(10-13)20-12-19(22,15(3)18(20)21)16-7-5-4-6-8-16/h4-11,22H,3,12H2,1-2H3. The van der Waals surface area contributed by atoms with Gasteiger partial charge in [-0.2, -0.15) is 0 Å². The fraction of sp³-hybridized carbons (Fsp3) is 0.211. The molecule has 1 aliphatic rings. The van der Waals surface area contributed by atoms with Gasteiger partial charge in [0.1, 0.15) is 5.60 Å². The minimum absolute atomic E-state index is 0.192. The second-order valence-corrected chi connectivity index (χ2v) is 5.94. The first-order chi connectivity index (χ1) is 10.4. The number of hydrogen-bond acceptors (Lipinski definition) is 2. The van der Waals surface area contributed by atoms with Crippen LogP contribution in [0, 0.1) is 13.8 Å². The van der Waals surface area contributed by atoms with Gasteiger partial charge in [0.2, 0.25) is 0 Å². The topological polar surface area (TPSA) is 40.5 Å². The molecule has 0 aliphatic carbocycles. The van der Waals surface area contributed by atoms with Gasteiger partial charge in [-0.3, -0.25) is 4.79 Å². The van der Waals surface area contributed by atoms with Crippen LogP contribution in [0.15, 0.2) is 60.7 Å². The summed E-state index contributed by atoms with van der Waals surface area (Å²) in [5, 5.41) is 11.0. The number of anilines is 1. The monoisotopic (exact) mass is 293 g/mol. The van der Waals surface area contributed by atoms with E-state index in [0.717, 1.165) is 16.8 Å². The van der Waals surface area contributed by atoms with Crippen LogP contribution in [0.3, 0.4) is 0 Å². The minimum atomic E-state index is -1.34. The fourth-order valence-corrected chi connectivity index (χ4v) is 3.03. The summed E-state index contributed by atoms with van der Waals surface area (Å²) in [6.45, 7) is 8.03. The molecule has 1 fully saturated rings. The van der Waals surface area contributed by atoms with Gasteiger partial charge in [-0.1, -0.05) is 43.0 Å². The molecule has 1 aliphatic heterocycles. The molecule has 1 unspecified atom stereocenters. The summed E-state index contributed by atoms with van der Waals surface area (Å²) in [5.74, 6) is -0.226. The van der Waals surface area contributed by atoms with E-state index in [2.05, 4.69) is 12.6 Å². The van der Waals surface area contributed by atoms with E-state index in [9.17, 15) is 9.90 Å². The van der Waals surface area contributed by atoms with Crippen LogP contribution >= 0.6 is 0 Å². The van der Waals surface area contributed by atoms with Crippen molar-refractivity contribution >= 4 is 11.6 Å². The summed E-state index contributed by atoms with van der Waals surface area (Å²) in [6, 6.07) is 15.2. The third-order valence-electron chi connectivity index (χ3n) is 4.16. The molecule has 0 radical (unpaired) electrons. The summed E-state index contributed by atoms with van der Waals surface area (Å²) >= 11 is 0. The first-order valence-corrected chi connectivity index (χ1v) is 7.29. The van der Waals surface area contributed by atoms with Crippen molar-refractivity contribution in [3.8, 4) is 0 Å². The van der Waals surface area contributed by atoms with Crippen molar-refractivity contribution in [3.05, 3.63) is 77.4 Å². The van der Waals surface area contributed by atoms with E-state index in [1.54, 1.807) is 4.90 Å². The highest BCUT2D eigenvalue weighted by Crippen LogP contribution is 2.39. The Morgan fingerprint density at radius 3 is 2.27 bits per heavy atom. The molecular formula is C19H19NO2. The van der Waals surface area contributed by atoms with Gasteiger partial charge >= 0.3 is 0 Å². The highest BCUT2D eigenvalue weighted by molar-refractivity contribution is 6.10. The second-order valence-electron chi connectivity index (χ2n) is 5.94. The Hall–Kier alpha value is -2.39. The Balaban J connectivity index is 2.03.